The summed E-state index contributed by atoms with van der Waals surface area (Å²) in [6.07, 6.45) is 0.803. The molecular formula is C14H15FN2O4. The molecule has 0 spiro atoms. The topological polar surface area (TPSA) is 95.5 Å². The smallest absolute Gasteiger partial charge is 0.306 e. The fraction of sp³-hybridized carbons (Fsp3) is 0.357. The summed E-state index contributed by atoms with van der Waals surface area (Å²) < 4.78 is 12.9. The number of carbonyl (C=O) groups excluding carboxylic acids is 2. The summed E-state index contributed by atoms with van der Waals surface area (Å²) in [5, 5.41) is 13.7. The lowest BCUT2D eigenvalue weighted by atomic mass is 9.80. The van der Waals surface area contributed by atoms with Crippen LogP contribution in [0, 0.1) is 11.7 Å². The van der Waals surface area contributed by atoms with E-state index < -0.39 is 29.5 Å². The van der Waals surface area contributed by atoms with Gasteiger partial charge < -0.3 is 15.7 Å². The molecule has 0 aliphatic heterocycles. The summed E-state index contributed by atoms with van der Waals surface area (Å²) in [5.41, 5.74) is 0.136. The van der Waals surface area contributed by atoms with Crippen LogP contribution in [0.1, 0.15) is 23.2 Å². The molecule has 2 amide bonds. The van der Waals surface area contributed by atoms with E-state index in [0.29, 0.717) is 12.8 Å². The molecule has 7 heteroatoms. The first-order valence-electron chi connectivity index (χ1n) is 6.51. The number of nitrogens with one attached hydrogen (secondary N) is 2. The monoisotopic (exact) mass is 294 g/mol. The van der Waals surface area contributed by atoms with Gasteiger partial charge in [-0.15, -0.1) is 0 Å². The van der Waals surface area contributed by atoms with Crippen molar-refractivity contribution in [1.82, 2.24) is 10.6 Å². The first kappa shape index (κ1) is 15.0. The summed E-state index contributed by atoms with van der Waals surface area (Å²) in [7, 11) is 0. The molecule has 0 heterocycles. The van der Waals surface area contributed by atoms with Crippen molar-refractivity contribution in [2.75, 3.05) is 6.54 Å². The maximum absolute atomic E-state index is 12.9. The van der Waals surface area contributed by atoms with Gasteiger partial charge in [-0.3, -0.25) is 14.4 Å². The summed E-state index contributed by atoms with van der Waals surface area (Å²) in [6, 6.07) is 4.99. The highest BCUT2D eigenvalue weighted by Crippen LogP contribution is 2.27. The van der Waals surface area contributed by atoms with E-state index in [1.54, 1.807) is 0 Å². The molecular weight excluding hydrogens is 279 g/mol. The summed E-state index contributed by atoms with van der Waals surface area (Å²) in [4.78, 5) is 33.9. The third-order valence-corrected chi connectivity index (χ3v) is 3.35. The number of carboxylic acid groups (broad SMARTS) is 1. The zero-order valence-electron chi connectivity index (χ0n) is 11.1. The number of benzene rings is 1. The lowest BCUT2D eigenvalue weighted by molar-refractivity contribution is -0.146. The molecule has 1 aromatic rings. The van der Waals surface area contributed by atoms with Crippen LogP contribution in [0.3, 0.4) is 0 Å². The van der Waals surface area contributed by atoms with Crippen LogP contribution < -0.4 is 10.6 Å². The van der Waals surface area contributed by atoms with Crippen molar-refractivity contribution in [3.8, 4) is 0 Å². The van der Waals surface area contributed by atoms with Crippen molar-refractivity contribution in [3.63, 3.8) is 0 Å². The van der Waals surface area contributed by atoms with Crippen LogP contribution in [0.15, 0.2) is 24.3 Å². The van der Waals surface area contributed by atoms with Gasteiger partial charge in [0.15, 0.2) is 0 Å². The Hall–Kier alpha value is -2.44. The summed E-state index contributed by atoms with van der Waals surface area (Å²) in [6.45, 7) is -0.233. The Kier molecular flexibility index (Phi) is 4.52. The molecule has 1 fully saturated rings. The molecule has 0 unspecified atom stereocenters. The van der Waals surface area contributed by atoms with Crippen molar-refractivity contribution in [2.24, 2.45) is 5.92 Å². The predicted molar refractivity (Wildman–Crippen MR) is 71.0 cm³/mol. The van der Waals surface area contributed by atoms with Crippen molar-refractivity contribution in [3.05, 3.63) is 35.6 Å². The van der Waals surface area contributed by atoms with Gasteiger partial charge >= 0.3 is 5.97 Å². The van der Waals surface area contributed by atoms with E-state index in [-0.39, 0.29) is 18.2 Å². The maximum Gasteiger partial charge on any atom is 0.306 e. The Morgan fingerprint density at radius 3 is 2.62 bits per heavy atom. The third kappa shape index (κ3) is 4.01. The van der Waals surface area contributed by atoms with Crippen LogP contribution in [-0.4, -0.2) is 35.5 Å². The Balaban J connectivity index is 1.72. The zero-order chi connectivity index (χ0) is 15.4. The van der Waals surface area contributed by atoms with Gasteiger partial charge in [-0.1, -0.05) is 6.07 Å². The third-order valence-electron chi connectivity index (χ3n) is 3.35. The molecule has 0 radical (unpaired) electrons. The SMILES string of the molecule is O=C(CNC(=O)c1cccc(F)c1)NC1CC(C(=O)O)C1. The zero-order valence-corrected chi connectivity index (χ0v) is 11.1. The van der Waals surface area contributed by atoms with Crippen molar-refractivity contribution in [2.45, 2.75) is 18.9 Å². The molecule has 3 N–H and O–H groups in total. The normalized spacial score (nSPS) is 20.2. The molecule has 0 atom stereocenters. The summed E-state index contributed by atoms with van der Waals surface area (Å²) in [5.74, 6) is -2.73. The van der Waals surface area contributed by atoms with Crippen molar-refractivity contribution >= 4 is 17.8 Å². The second-order valence-electron chi connectivity index (χ2n) is 4.96. The van der Waals surface area contributed by atoms with Gasteiger partial charge in [0, 0.05) is 11.6 Å². The van der Waals surface area contributed by atoms with Gasteiger partial charge in [-0.05, 0) is 31.0 Å². The van der Waals surface area contributed by atoms with Crippen LogP contribution in [0.5, 0.6) is 0 Å². The van der Waals surface area contributed by atoms with Crippen LogP contribution >= 0.6 is 0 Å². The average Bonchev–Trinajstić information content (AvgIpc) is 2.39. The highest BCUT2D eigenvalue weighted by Gasteiger charge is 2.35. The van der Waals surface area contributed by atoms with E-state index in [1.807, 2.05) is 0 Å². The minimum absolute atomic E-state index is 0.136. The fourth-order valence-corrected chi connectivity index (χ4v) is 2.11. The second-order valence-corrected chi connectivity index (χ2v) is 4.96. The number of rotatable bonds is 5. The number of hydrogen-bond acceptors (Lipinski definition) is 3. The van der Waals surface area contributed by atoms with Gasteiger partial charge in [-0.25, -0.2) is 4.39 Å². The molecule has 1 aromatic carbocycles. The molecule has 1 aliphatic carbocycles. The van der Waals surface area contributed by atoms with E-state index in [2.05, 4.69) is 10.6 Å². The molecule has 2 rings (SSSR count). The minimum Gasteiger partial charge on any atom is -0.481 e. The number of hydrogen-bond donors (Lipinski definition) is 3. The number of amides is 2. The molecule has 112 valence electrons. The molecule has 6 nitrogen and oxygen atoms in total. The Morgan fingerprint density at radius 1 is 1.29 bits per heavy atom. The van der Waals surface area contributed by atoms with Crippen LogP contribution in [0.2, 0.25) is 0 Å². The Bertz CT molecular complexity index is 570. The highest BCUT2D eigenvalue weighted by molar-refractivity contribution is 5.96. The quantitative estimate of drug-likeness (QED) is 0.738. The van der Waals surface area contributed by atoms with Crippen LogP contribution in [0.25, 0.3) is 0 Å². The molecule has 0 saturated heterocycles. The standard InChI is InChI=1S/C14H15FN2O4/c15-10-3-1-2-8(4-10)13(19)16-7-12(18)17-11-5-9(6-11)14(20)21/h1-4,9,11H,5-7H2,(H,16,19)(H,17,18)(H,20,21). The van der Waals surface area contributed by atoms with Crippen molar-refractivity contribution < 1.29 is 23.9 Å². The first-order valence-corrected chi connectivity index (χ1v) is 6.51. The Labute approximate surface area is 120 Å². The van der Waals surface area contributed by atoms with Crippen LogP contribution in [-0.2, 0) is 9.59 Å². The van der Waals surface area contributed by atoms with E-state index >= 15 is 0 Å². The lowest BCUT2D eigenvalue weighted by Gasteiger charge is -2.32. The van der Waals surface area contributed by atoms with Crippen molar-refractivity contribution in [1.29, 1.82) is 0 Å². The largest absolute Gasteiger partial charge is 0.481 e. The average molecular weight is 294 g/mol. The molecule has 1 saturated carbocycles. The lowest BCUT2D eigenvalue weighted by Crippen LogP contribution is -2.49. The van der Waals surface area contributed by atoms with Gasteiger partial charge in [0.1, 0.15) is 5.82 Å². The van der Waals surface area contributed by atoms with E-state index in [0.717, 1.165) is 6.07 Å². The minimum atomic E-state index is -0.861. The van der Waals surface area contributed by atoms with Gasteiger partial charge in [0.25, 0.3) is 5.91 Å². The number of carboxylic acids is 1. The molecule has 0 aromatic heterocycles. The molecule has 0 bridgehead atoms. The fourth-order valence-electron chi connectivity index (χ4n) is 2.11. The number of carbonyl (C=O) groups is 3. The van der Waals surface area contributed by atoms with Gasteiger partial charge in [0.05, 0.1) is 12.5 Å². The number of aliphatic carboxylic acids is 1. The predicted octanol–water partition coefficient (Wildman–Crippen LogP) is 0.535. The first-order chi connectivity index (χ1) is 9.95. The second kappa shape index (κ2) is 6.34. The van der Waals surface area contributed by atoms with E-state index in [9.17, 15) is 18.8 Å². The highest BCUT2D eigenvalue weighted by atomic mass is 19.1. The van der Waals surface area contributed by atoms with Crippen LogP contribution in [0.4, 0.5) is 4.39 Å². The van der Waals surface area contributed by atoms with E-state index in [1.165, 1.54) is 18.2 Å². The number of halogens is 1. The summed E-state index contributed by atoms with van der Waals surface area (Å²) >= 11 is 0. The molecule has 1 aliphatic rings. The van der Waals surface area contributed by atoms with Gasteiger partial charge in [-0.2, -0.15) is 0 Å². The Morgan fingerprint density at radius 2 is 2.00 bits per heavy atom. The van der Waals surface area contributed by atoms with E-state index in [4.69, 9.17) is 5.11 Å². The maximum atomic E-state index is 12.9. The molecule has 21 heavy (non-hydrogen) atoms. The van der Waals surface area contributed by atoms with Gasteiger partial charge in [0.2, 0.25) is 5.91 Å².